The maximum absolute atomic E-state index is 12.1. The number of aromatic nitrogens is 4. The molecule has 0 spiro atoms. The second kappa shape index (κ2) is 13.7. The van der Waals surface area contributed by atoms with Crippen molar-refractivity contribution in [2.75, 3.05) is 7.11 Å². The number of ether oxygens (including phenoxy) is 1. The summed E-state index contributed by atoms with van der Waals surface area (Å²) in [5.74, 6) is 0.470. The molecule has 0 aliphatic heterocycles. The zero-order valence-corrected chi connectivity index (χ0v) is 28.3. The normalized spacial score (nSPS) is 14.2. The Hall–Kier alpha value is -5.24. The fraction of sp³-hybridized carbons (Fsp3) is 0.317. The van der Waals surface area contributed by atoms with Crippen molar-refractivity contribution in [3.63, 3.8) is 0 Å². The molecule has 0 saturated heterocycles. The van der Waals surface area contributed by atoms with E-state index in [9.17, 15) is 14.7 Å². The van der Waals surface area contributed by atoms with E-state index in [0.717, 1.165) is 58.2 Å². The molecule has 0 amide bonds. The van der Waals surface area contributed by atoms with Crippen LogP contribution in [0.5, 0.6) is 0 Å². The van der Waals surface area contributed by atoms with Crippen LogP contribution in [0.2, 0.25) is 0 Å². The second-order valence-corrected chi connectivity index (χ2v) is 13.9. The SMILES string of the molecule is CC(C)Cn1ccc2cc(Cc3ncc(C4CC4)cc3C(=O)O)ccc21.COC(=O)c1cc(C2CC2)cnc1Cc1ccc2[nH]ccc2c1. The number of nitrogens with zero attached hydrogens (tertiary/aromatic N) is 3. The van der Waals surface area contributed by atoms with Gasteiger partial charge in [-0.15, -0.1) is 0 Å². The number of aromatic amines is 1. The quantitative estimate of drug-likeness (QED) is 0.143. The Bertz CT molecular complexity index is 2150. The van der Waals surface area contributed by atoms with Gasteiger partial charge in [0.05, 0.1) is 29.6 Å². The van der Waals surface area contributed by atoms with Gasteiger partial charge in [-0.2, -0.15) is 0 Å². The molecule has 0 unspecified atom stereocenters. The predicted molar refractivity (Wildman–Crippen MR) is 191 cm³/mol. The van der Waals surface area contributed by atoms with Crippen LogP contribution in [0.4, 0.5) is 0 Å². The number of carbonyl (C=O) groups excluding carboxylic acids is 1. The highest BCUT2D eigenvalue weighted by atomic mass is 16.5. The summed E-state index contributed by atoms with van der Waals surface area (Å²) in [6.45, 7) is 5.42. The lowest BCUT2D eigenvalue weighted by molar-refractivity contribution is 0.0598. The number of methoxy groups -OCH3 is 1. The molecular weight excluding hydrogens is 612 g/mol. The average Bonchev–Trinajstić information content (AvgIpc) is 4.04. The van der Waals surface area contributed by atoms with Gasteiger partial charge in [0, 0.05) is 55.2 Å². The van der Waals surface area contributed by atoms with Crippen molar-refractivity contribution in [2.24, 2.45) is 5.92 Å². The van der Waals surface area contributed by atoms with E-state index in [-0.39, 0.29) is 5.97 Å². The van der Waals surface area contributed by atoms with Gasteiger partial charge in [-0.05, 0) is 125 Å². The van der Waals surface area contributed by atoms with Crippen LogP contribution in [-0.2, 0) is 24.1 Å². The van der Waals surface area contributed by atoms with Gasteiger partial charge in [0.15, 0.2) is 0 Å². The van der Waals surface area contributed by atoms with Crippen molar-refractivity contribution < 1.29 is 19.4 Å². The molecule has 49 heavy (non-hydrogen) atoms. The topological polar surface area (TPSA) is 110 Å². The highest BCUT2D eigenvalue weighted by molar-refractivity contribution is 5.91. The number of carbonyl (C=O) groups is 2. The standard InChI is InChI=1S/C22H24N2O2.C19H18N2O2/c1-14(2)13-24-8-7-17-9-15(3-6-21(17)24)10-20-19(22(25)26)11-18(12-23-20)16-4-5-16;1-23-19(22)16-10-15(13-3-4-13)11-21-18(16)9-12-2-5-17-14(8-12)6-7-20-17/h3,6-9,11-12,14,16H,4-5,10,13H2,1-2H3,(H,25,26);2,5-8,10-11,13,20H,3-4,9H2,1H3. The van der Waals surface area contributed by atoms with E-state index < -0.39 is 5.97 Å². The third kappa shape index (κ3) is 7.43. The van der Waals surface area contributed by atoms with Gasteiger partial charge in [0.25, 0.3) is 0 Å². The van der Waals surface area contributed by atoms with Crippen LogP contribution in [0.25, 0.3) is 21.8 Å². The van der Waals surface area contributed by atoms with Gasteiger partial charge in [0.1, 0.15) is 0 Å². The zero-order valence-electron chi connectivity index (χ0n) is 28.3. The number of pyridine rings is 2. The number of carboxylic acids is 1. The van der Waals surface area contributed by atoms with Gasteiger partial charge >= 0.3 is 11.9 Å². The molecule has 4 heterocycles. The van der Waals surface area contributed by atoms with Gasteiger partial charge in [-0.1, -0.05) is 26.0 Å². The number of nitrogens with one attached hydrogen (secondary N) is 1. The highest BCUT2D eigenvalue weighted by Gasteiger charge is 2.27. The molecular formula is C41H42N4O4. The van der Waals surface area contributed by atoms with Crippen molar-refractivity contribution in [1.29, 1.82) is 0 Å². The molecule has 4 aromatic heterocycles. The van der Waals surface area contributed by atoms with Crippen LogP contribution in [0.3, 0.4) is 0 Å². The average molecular weight is 655 g/mol. The lowest BCUT2D eigenvalue weighted by atomic mass is 10.0. The molecule has 8 nitrogen and oxygen atoms in total. The molecule has 2 N–H and O–H groups in total. The Balaban J connectivity index is 0.000000155. The van der Waals surface area contributed by atoms with Crippen LogP contribution in [0.15, 0.2) is 85.5 Å². The maximum Gasteiger partial charge on any atom is 0.339 e. The van der Waals surface area contributed by atoms with E-state index >= 15 is 0 Å². The molecule has 0 radical (unpaired) electrons. The summed E-state index contributed by atoms with van der Waals surface area (Å²) < 4.78 is 7.22. The zero-order chi connectivity index (χ0) is 34.1. The fourth-order valence-corrected chi connectivity index (χ4v) is 6.56. The molecule has 0 bridgehead atoms. The number of esters is 1. The number of H-pyrrole nitrogens is 1. The molecule has 250 valence electrons. The van der Waals surface area contributed by atoms with Crippen molar-refractivity contribution >= 4 is 33.7 Å². The molecule has 2 fully saturated rings. The Morgan fingerprint density at radius 2 is 1.45 bits per heavy atom. The third-order valence-electron chi connectivity index (χ3n) is 9.47. The van der Waals surface area contributed by atoms with Crippen LogP contribution in [-0.4, -0.2) is 43.7 Å². The monoisotopic (exact) mass is 654 g/mol. The molecule has 2 aliphatic rings. The Kier molecular flexibility index (Phi) is 9.04. The van der Waals surface area contributed by atoms with Crippen molar-refractivity contribution in [2.45, 2.75) is 70.8 Å². The number of hydrogen-bond acceptors (Lipinski definition) is 5. The number of aromatic carboxylic acids is 1. The Labute approximate surface area is 286 Å². The molecule has 6 aromatic rings. The van der Waals surface area contributed by atoms with E-state index in [4.69, 9.17) is 4.74 Å². The van der Waals surface area contributed by atoms with Crippen molar-refractivity contribution in [1.82, 2.24) is 19.5 Å². The lowest BCUT2D eigenvalue weighted by Crippen LogP contribution is -2.09. The predicted octanol–water partition coefficient (Wildman–Crippen LogP) is 8.68. The van der Waals surface area contributed by atoms with Crippen LogP contribution in [0.1, 0.15) is 106 Å². The highest BCUT2D eigenvalue weighted by Crippen LogP contribution is 2.41. The van der Waals surface area contributed by atoms with Crippen LogP contribution in [0, 0.1) is 5.92 Å². The summed E-state index contributed by atoms with van der Waals surface area (Å²) in [6, 6.07) is 20.6. The van der Waals surface area contributed by atoms with E-state index in [2.05, 4.69) is 82.0 Å². The largest absolute Gasteiger partial charge is 0.478 e. The number of hydrogen-bond donors (Lipinski definition) is 2. The van der Waals surface area contributed by atoms with Gasteiger partial charge in [-0.3, -0.25) is 9.97 Å². The molecule has 2 aromatic carbocycles. The van der Waals surface area contributed by atoms with E-state index in [1.165, 1.54) is 30.9 Å². The second-order valence-electron chi connectivity index (χ2n) is 13.9. The number of fused-ring (bicyclic) bond motifs is 2. The molecule has 2 saturated carbocycles. The summed E-state index contributed by atoms with van der Waals surface area (Å²) in [4.78, 5) is 36.1. The number of carboxylic acid groups (broad SMARTS) is 1. The summed E-state index contributed by atoms with van der Waals surface area (Å²) in [5, 5.41) is 11.9. The smallest absolute Gasteiger partial charge is 0.339 e. The van der Waals surface area contributed by atoms with Crippen LogP contribution < -0.4 is 0 Å². The Morgan fingerprint density at radius 3 is 2.06 bits per heavy atom. The van der Waals surface area contributed by atoms with Crippen molar-refractivity contribution in [3.8, 4) is 0 Å². The molecule has 0 atom stereocenters. The molecule has 8 rings (SSSR count). The van der Waals surface area contributed by atoms with Crippen LogP contribution >= 0.6 is 0 Å². The van der Waals surface area contributed by atoms with Gasteiger partial charge < -0.3 is 19.4 Å². The summed E-state index contributed by atoms with van der Waals surface area (Å²) >= 11 is 0. The van der Waals surface area contributed by atoms with Gasteiger partial charge in [-0.25, -0.2) is 9.59 Å². The number of rotatable bonds is 10. The molecule has 8 heteroatoms. The number of benzene rings is 2. The van der Waals surface area contributed by atoms with E-state index in [1.54, 1.807) is 0 Å². The minimum atomic E-state index is -0.890. The first kappa shape index (κ1) is 32.3. The lowest BCUT2D eigenvalue weighted by Gasteiger charge is -2.10. The van der Waals surface area contributed by atoms with E-state index in [0.29, 0.717) is 47.4 Å². The van der Waals surface area contributed by atoms with Gasteiger partial charge in [0.2, 0.25) is 0 Å². The Morgan fingerprint density at radius 1 is 0.837 bits per heavy atom. The van der Waals surface area contributed by atoms with Crippen molar-refractivity contribution in [3.05, 3.63) is 130 Å². The summed E-state index contributed by atoms with van der Waals surface area (Å²) in [5.41, 5.74) is 9.11. The minimum Gasteiger partial charge on any atom is -0.478 e. The summed E-state index contributed by atoms with van der Waals surface area (Å²) in [6.07, 6.45) is 13.6. The first-order valence-corrected chi connectivity index (χ1v) is 17.2. The third-order valence-corrected chi connectivity index (χ3v) is 9.47. The van der Waals surface area contributed by atoms with E-state index in [1.807, 2.05) is 36.8 Å². The summed E-state index contributed by atoms with van der Waals surface area (Å²) in [7, 11) is 1.42. The fourth-order valence-electron chi connectivity index (χ4n) is 6.56. The maximum atomic E-state index is 12.1. The first-order chi connectivity index (χ1) is 23.7. The molecule has 2 aliphatic carbocycles. The minimum absolute atomic E-state index is 0.308. The first-order valence-electron chi connectivity index (χ1n) is 17.2.